The van der Waals surface area contributed by atoms with Gasteiger partial charge >= 0.3 is 0 Å². The number of nitrogens with one attached hydrogen (secondary N) is 1. The standard InChI is InChI=1S/C17H14BrN3O2S/c18-13-5-3-12(4-6-13)17(23)19-9-10-21-16(22)8-7-14(20-21)15-2-1-11-24-15/h1-8,11H,9-10H2,(H,19,23). The van der Waals surface area contributed by atoms with Gasteiger partial charge in [-0.15, -0.1) is 11.3 Å². The van der Waals surface area contributed by atoms with Crippen LogP contribution in [-0.4, -0.2) is 22.2 Å². The van der Waals surface area contributed by atoms with Crippen molar-refractivity contribution in [2.45, 2.75) is 6.54 Å². The van der Waals surface area contributed by atoms with Gasteiger partial charge in [0.25, 0.3) is 11.5 Å². The van der Waals surface area contributed by atoms with Gasteiger partial charge in [0.1, 0.15) is 5.69 Å². The van der Waals surface area contributed by atoms with E-state index in [4.69, 9.17) is 0 Å². The van der Waals surface area contributed by atoms with E-state index in [0.29, 0.717) is 18.7 Å². The molecule has 0 saturated carbocycles. The number of aromatic nitrogens is 2. The molecule has 0 spiro atoms. The van der Waals surface area contributed by atoms with Gasteiger partial charge in [-0.05, 0) is 41.8 Å². The first-order chi connectivity index (χ1) is 11.6. The van der Waals surface area contributed by atoms with Crippen molar-refractivity contribution >= 4 is 33.2 Å². The molecule has 0 atom stereocenters. The highest BCUT2D eigenvalue weighted by Crippen LogP contribution is 2.20. The van der Waals surface area contributed by atoms with E-state index in [1.807, 2.05) is 29.6 Å². The van der Waals surface area contributed by atoms with E-state index >= 15 is 0 Å². The van der Waals surface area contributed by atoms with Gasteiger partial charge in [-0.25, -0.2) is 4.68 Å². The molecule has 3 rings (SSSR count). The molecule has 3 aromatic rings. The fourth-order valence-corrected chi connectivity index (χ4v) is 3.10. The van der Waals surface area contributed by atoms with E-state index < -0.39 is 0 Å². The normalized spacial score (nSPS) is 10.5. The summed E-state index contributed by atoms with van der Waals surface area (Å²) in [5.74, 6) is -0.176. The number of hydrogen-bond donors (Lipinski definition) is 1. The monoisotopic (exact) mass is 403 g/mol. The summed E-state index contributed by atoms with van der Waals surface area (Å²) in [6.07, 6.45) is 0. The molecule has 0 radical (unpaired) electrons. The Kier molecular flexibility index (Phi) is 5.22. The van der Waals surface area contributed by atoms with Crippen LogP contribution in [0.4, 0.5) is 0 Å². The van der Waals surface area contributed by atoms with Crippen LogP contribution in [-0.2, 0) is 6.54 Å². The lowest BCUT2D eigenvalue weighted by Gasteiger charge is -2.08. The Morgan fingerprint density at radius 3 is 2.67 bits per heavy atom. The molecular weight excluding hydrogens is 390 g/mol. The van der Waals surface area contributed by atoms with Crippen LogP contribution in [0, 0.1) is 0 Å². The van der Waals surface area contributed by atoms with Crippen LogP contribution >= 0.6 is 27.3 Å². The van der Waals surface area contributed by atoms with Crippen LogP contribution in [0.15, 0.2) is 63.2 Å². The number of thiophene rings is 1. The average molecular weight is 404 g/mol. The number of halogens is 1. The lowest BCUT2D eigenvalue weighted by Crippen LogP contribution is -2.31. The van der Waals surface area contributed by atoms with E-state index in [-0.39, 0.29) is 11.5 Å². The van der Waals surface area contributed by atoms with Crippen LogP contribution in [0.1, 0.15) is 10.4 Å². The van der Waals surface area contributed by atoms with Gasteiger partial charge in [0.15, 0.2) is 0 Å². The van der Waals surface area contributed by atoms with Gasteiger partial charge in [-0.2, -0.15) is 5.10 Å². The smallest absolute Gasteiger partial charge is 0.266 e. The minimum atomic E-state index is -0.187. The van der Waals surface area contributed by atoms with Crippen molar-refractivity contribution in [3.05, 3.63) is 74.3 Å². The van der Waals surface area contributed by atoms with Gasteiger partial charge in [-0.3, -0.25) is 9.59 Å². The predicted octanol–water partition coefficient (Wildman–Crippen LogP) is 3.16. The Morgan fingerprint density at radius 2 is 1.96 bits per heavy atom. The predicted molar refractivity (Wildman–Crippen MR) is 98.3 cm³/mol. The number of benzene rings is 1. The lowest BCUT2D eigenvalue weighted by molar-refractivity contribution is 0.0951. The molecule has 2 aromatic heterocycles. The van der Waals surface area contributed by atoms with E-state index in [1.54, 1.807) is 29.5 Å². The van der Waals surface area contributed by atoms with Crippen molar-refractivity contribution in [2.24, 2.45) is 0 Å². The van der Waals surface area contributed by atoms with E-state index in [0.717, 1.165) is 15.0 Å². The van der Waals surface area contributed by atoms with Gasteiger partial charge in [0.05, 0.1) is 11.4 Å². The summed E-state index contributed by atoms with van der Waals surface area (Å²) < 4.78 is 2.29. The molecule has 122 valence electrons. The zero-order valence-electron chi connectivity index (χ0n) is 12.6. The molecule has 5 nitrogen and oxygen atoms in total. The van der Waals surface area contributed by atoms with Gasteiger partial charge in [-0.1, -0.05) is 22.0 Å². The van der Waals surface area contributed by atoms with Crippen LogP contribution in [0.2, 0.25) is 0 Å². The summed E-state index contributed by atoms with van der Waals surface area (Å²) in [6.45, 7) is 0.649. The molecule has 1 N–H and O–H groups in total. The third kappa shape index (κ3) is 3.98. The molecule has 0 fully saturated rings. The zero-order chi connectivity index (χ0) is 16.9. The van der Waals surface area contributed by atoms with Crippen LogP contribution in [0.3, 0.4) is 0 Å². The molecule has 1 amide bonds. The fourth-order valence-electron chi connectivity index (χ4n) is 2.14. The van der Waals surface area contributed by atoms with Crippen LogP contribution < -0.4 is 10.9 Å². The Hall–Kier alpha value is -2.25. The summed E-state index contributed by atoms with van der Waals surface area (Å²) in [5, 5.41) is 9.11. The summed E-state index contributed by atoms with van der Waals surface area (Å²) in [4.78, 5) is 25.0. The average Bonchev–Trinajstić information content (AvgIpc) is 3.11. The Balaban J connectivity index is 1.64. The fraction of sp³-hybridized carbons (Fsp3) is 0.118. The summed E-state index contributed by atoms with van der Waals surface area (Å²) in [6, 6.07) is 14.2. The first kappa shape index (κ1) is 16.6. The summed E-state index contributed by atoms with van der Waals surface area (Å²) in [5.41, 5.74) is 1.14. The Morgan fingerprint density at radius 1 is 1.17 bits per heavy atom. The summed E-state index contributed by atoms with van der Waals surface area (Å²) in [7, 11) is 0. The molecule has 1 aromatic carbocycles. The SMILES string of the molecule is O=C(NCCn1nc(-c2cccs2)ccc1=O)c1ccc(Br)cc1. The van der Waals surface area contributed by atoms with Crippen molar-refractivity contribution in [3.8, 4) is 10.6 Å². The van der Waals surface area contributed by atoms with Crippen molar-refractivity contribution in [2.75, 3.05) is 6.54 Å². The topological polar surface area (TPSA) is 64.0 Å². The molecule has 0 saturated heterocycles. The number of nitrogens with zero attached hydrogens (tertiary/aromatic N) is 2. The molecule has 0 aliphatic heterocycles. The Bertz CT molecular complexity index is 889. The molecule has 0 aliphatic carbocycles. The van der Waals surface area contributed by atoms with Crippen molar-refractivity contribution in [1.82, 2.24) is 15.1 Å². The third-order valence-corrected chi connectivity index (χ3v) is 4.78. The molecule has 2 heterocycles. The van der Waals surface area contributed by atoms with Crippen molar-refractivity contribution in [1.29, 1.82) is 0 Å². The first-order valence-corrected chi connectivity index (χ1v) is 8.96. The minimum Gasteiger partial charge on any atom is -0.350 e. The molecule has 0 bridgehead atoms. The Labute approximate surface area is 151 Å². The second-order valence-electron chi connectivity index (χ2n) is 5.02. The lowest BCUT2D eigenvalue weighted by atomic mass is 10.2. The quantitative estimate of drug-likeness (QED) is 0.711. The third-order valence-electron chi connectivity index (χ3n) is 3.36. The van der Waals surface area contributed by atoms with Crippen LogP contribution in [0.5, 0.6) is 0 Å². The maximum absolute atomic E-state index is 12.1. The molecular formula is C17H14BrN3O2S. The minimum absolute atomic E-state index is 0.176. The van der Waals surface area contributed by atoms with Crippen LogP contribution in [0.25, 0.3) is 10.6 Å². The summed E-state index contributed by atoms with van der Waals surface area (Å²) >= 11 is 4.90. The highest BCUT2D eigenvalue weighted by molar-refractivity contribution is 9.10. The number of amides is 1. The second kappa shape index (κ2) is 7.55. The van der Waals surface area contributed by atoms with Crippen molar-refractivity contribution < 1.29 is 4.79 Å². The molecule has 0 unspecified atom stereocenters. The largest absolute Gasteiger partial charge is 0.350 e. The van der Waals surface area contributed by atoms with Gasteiger partial charge < -0.3 is 5.32 Å². The number of carbonyl (C=O) groups is 1. The number of carbonyl (C=O) groups excluding carboxylic acids is 1. The molecule has 7 heteroatoms. The maximum Gasteiger partial charge on any atom is 0.266 e. The van der Waals surface area contributed by atoms with E-state index in [2.05, 4.69) is 26.3 Å². The first-order valence-electron chi connectivity index (χ1n) is 7.29. The molecule has 24 heavy (non-hydrogen) atoms. The highest BCUT2D eigenvalue weighted by Gasteiger charge is 2.07. The highest BCUT2D eigenvalue weighted by atomic mass is 79.9. The van der Waals surface area contributed by atoms with Crippen molar-refractivity contribution in [3.63, 3.8) is 0 Å². The second-order valence-corrected chi connectivity index (χ2v) is 6.88. The maximum atomic E-state index is 12.1. The van der Waals surface area contributed by atoms with E-state index in [9.17, 15) is 9.59 Å². The zero-order valence-corrected chi connectivity index (χ0v) is 15.0. The van der Waals surface area contributed by atoms with Gasteiger partial charge in [0, 0.05) is 22.6 Å². The van der Waals surface area contributed by atoms with E-state index in [1.165, 1.54) is 10.7 Å². The van der Waals surface area contributed by atoms with Gasteiger partial charge in [0.2, 0.25) is 0 Å². The molecule has 0 aliphatic rings. The number of rotatable bonds is 5. The number of hydrogen-bond acceptors (Lipinski definition) is 4.